The lowest BCUT2D eigenvalue weighted by Crippen LogP contribution is -2.62. The average Bonchev–Trinajstić information content (AvgIpc) is 2.67. The molecule has 174 valence electrons. The molecule has 7 heteroatoms. The molecule has 2 saturated heterocycles. The fourth-order valence-corrected chi connectivity index (χ4v) is 5.51. The number of hydrogen-bond donors (Lipinski definition) is 2. The molecule has 0 bridgehead atoms. The van der Waals surface area contributed by atoms with Gasteiger partial charge in [-0.2, -0.15) is 0 Å². The molecule has 2 aliphatic rings. The number of nitrogens with zero attached hydrogens (tertiary/aromatic N) is 2. The maximum Gasteiger partial charge on any atom is 0.169 e. The zero-order chi connectivity index (χ0) is 22.5. The number of piperidine rings is 1. The molecule has 2 N–H and O–H groups in total. The lowest BCUT2D eigenvalue weighted by Gasteiger charge is -2.47. The Bertz CT molecular complexity index is 703. The third-order valence-corrected chi connectivity index (χ3v) is 6.73. The smallest absolute Gasteiger partial charge is 0.169 e. The minimum absolute atomic E-state index is 0.0897. The van der Waals surface area contributed by atoms with Crippen LogP contribution in [0.15, 0.2) is 24.3 Å². The molecule has 0 amide bonds. The summed E-state index contributed by atoms with van der Waals surface area (Å²) in [4.78, 5) is 4.80. The normalized spacial score (nSPS) is 21.6. The summed E-state index contributed by atoms with van der Waals surface area (Å²) in [6.07, 6.45) is 3.19. The lowest BCUT2D eigenvalue weighted by molar-refractivity contribution is 0.0367. The van der Waals surface area contributed by atoms with Gasteiger partial charge in [0.25, 0.3) is 0 Å². The van der Waals surface area contributed by atoms with Crippen LogP contribution in [0.3, 0.4) is 0 Å². The topological polar surface area (TPSA) is 39.8 Å². The Hall–Kier alpha value is -0.920. The zero-order valence-corrected chi connectivity index (χ0v) is 21.1. The van der Waals surface area contributed by atoms with Crippen LogP contribution >= 0.6 is 23.8 Å². The monoisotopic (exact) mass is 466 g/mol. The van der Waals surface area contributed by atoms with Gasteiger partial charge >= 0.3 is 0 Å². The molecular formula is C24H39ClN4OS. The van der Waals surface area contributed by atoms with Gasteiger partial charge in [-0.15, -0.1) is 0 Å². The van der Waals surface area contributed by atoms with Crippen molar-refractivity contribution < 1.29 is 4.74 Å². The minimum Gasteiger partial charge on any atom is -0.379 e. The first kappa shape index (κ1) is 24.7. The van der Waals surface area contributed by atoms with Crippen molar-refractivity contribution in [1.29, 1.82) is 0 Å². The molecule has 2 heterocycles. The number of thiocarbonyl (C=S) groups is 1. The molecular weight excluding hydrogens is 428 g/mol. The van der Waals surface area contributed by atoms with E-state index >= 15 is 0 Å². The van der Waals surface area contributed by atoms with E-state index in [0.29, 0.717) is 6.04 Å². The van der Waals surface area contributed by atoms with Gasteiger partial charge in [0.15, 0.2) is 5.11 Å². The number of hydrogen-bond acceptors (Lipinski definition) is 4. The van der Waals surface area contributed by atoms with Crippen molar-refractivity contribution >= 4 is 28.9 Å². The van der Waals surface area contributed by atoms with E-state index in [1.165, 1.54) is 5.56 Å². The fraction of sp³-hybridized carbons (Fsp3) is 0.708. The molecule has 0 saturated carbocycles. The van der Waals surface area contributed by atoms with E-state index in [-0.39, 0.29) is 11.1 Å². The highest BCUT2D eigenvalue weighted by Crippen LogP contribution is 2.28. The van der Waals surface area contributed by atoms with Crippen molar-refractivity contribution in [3.63, 3.8) is 0 Å². The zero-order valence-electron chi connectivity index (χ0n) is 19.5. The summed E-state index contributed by atoms with van der Waals surface area (Å²) in [5.41, 5.74) is 1.41. The molecule has 0 atom stereocenters. The highest BCUT2D eigenvalue weighted by atomic mass is 35.5. The summed E-state index contributed by atoms with van der Waals surface area (Å²) < 4.78 is 5.47. The first-order chi connectivity index (χ1) is 14.6. The van der Waals surface area contributed by atoms with Crippen molar-refractivity contribution in [2.75, 3.05) is 39.4 Å². The van der Waals surface area contributed by atoms with Crippen molar-refractivity contribution in [1.82, 2.24) is 20.4 Å². The largest absolute Gasteiger partial charge is 0.379 e. The number of morpholine rings is 1. The Morgan fingerprint density at radius 1 is 1.16 bits per heavy atom. The van der Waals surface area contributed by atoms with E-state index in [9.17, 15) is 0 Å². The highest BCUT2D eigenvalue weighted by molar-refractivity contribution is 7.80. The van der Waals surface area contributed by atoms with Gasteiger partial charge in [-0.3, -0.25) is 4.90 Å². The second-order valence-corrected chi connectivity index (χ2v) is 11.1. The molecule has 0 unspecified atom stereocenters. The number of halogens is 1. The van der Waals surface area contributed by atoms with Gasteiger partial charge < -0.3 is 20.3 Å². The van der Waals surface area contributed by atoms with Crippen LogP contribution in [-0.4, -0.2) is 71.4 Å². The van der Waals surface area contributed by atoms with Gasteiger partial charge in [-0.1, -0.05) is 23.7 Å². The van der Waals surface area contributed by atoms with E-state index in [2.05, 4.69) is 60.3 Å². The fourth-order valence-electron chi connectivity index (χ4n) is 5.06. The number of ether oxygens (including phenoxy) is 1. The van der Waals surface area contributed by atoms with Gasteiger partial charge in [0.1, 0.15) is 0 Å². The molecule has 0 radical (unpaired) electrons. The third kappa shape index (κ3) is 8.17. The van der Waals surface area contributed by atoms with Crippen molar-refractivity contribution in [3.05, 3.63) is 34.9 Å². The number of nitrogens with one attached hydrogen (secondary N) is 2. The third-order valence-electron chi connectivity index (χ3n) is 6.10. The van der Waals surface area contributed by atoms with Gasteiger partial charge in [0, 0.05) is 54.9 Å². The summed E-state index contributed by atoms with van der Waals surface area (Å²) in [5, 5.41) is 9.09. The van der Waals surface area contributed by atoms with Crippen molar-refractivity contribution in [2.45, 2.75) is 70.6 Å². The lowest BCUT2D eigenvalue weighted by atomic mass is 9.80. The van der Waals surface area contributed by atoms with Crippen LogP contribution in [0.4, 0.5) is 0 Å². The van der Waals surface area contributed by atoms with Crippen LogP contribution in [0.2, 0.25) is 5.02 Å². The molecule has 2 aliphatic heterocycles. The van der Waals surface area contributed by atoms with E-state index in [1.54, 1.807) is 0 Å². The van der Waals surface area contributed by atoms with Crippen LogP contribution in [-0.2, 0) is 11.3 Å². The molecule has 0 aromatic heterocycles. The van der Waals surface area contributed by atoms with E-state index in [1.807, 2.05) is 12.1 Å². The first-order valence-corrected chi connectivity index (χ1v) is 12.3. The van der Waals surface area contributed by atoms with Gasteiger partial charge in [-0.05, 0) is 76.9 Å². The standard InChI is InChI=1S/C24H39ClN4OS/c1-23(2)16-21(17-24(3,4)27-23)26-22(31)29(18-19-6-8-20(25)9-7-19)11-5-10-28-12-14-30-15-13-28/h6-9,21,27H,5,10-18H2,1-4H3,(H,26,31). The van der Waals surface area contributed by atoms with E-state index < -0.39 is 0 Å². The summed E-state index contributed by atoms with van der Waals surface area (Å²) in [6.45, 7) is 15.7. The first-order valence-electron chi connectivity index (χ1n) is 11.5. The van der Waals surface area contributed by atoms with E-state index in [4.69, 9.17) is 28.6 Å². The maximum atomic E-state index is 6.09. The molecule has 0 aliphatic carbocycles. The molecule has 2 fully saturated rings. The minimum atomic E-state index is 0.0897. The van der Waals surface area contributed by atoms with Crippen molar-refractivity contribution in [2.24, 2.45) is 0 Å². The highest BCUT2D eigenvalue weighted by Gasteiger charge is 2.38. The Morgan fingerprint density at radius 3 is 2.39 bits per heavy atom. The average molecular weight is 467 g/mol. The van der Waals surface area contributed by atoms with Gasteiger partial charge in [0.05, 0.1) is 13.2 Å². The van der Waals surface area contributed by atoms with E-state index in [0.717, 1.165) is 75.3 Å². The molecule has 3 rings (SSSR count). The molecule has 0 spiro atoms. The second kappa shape index (κ2) is 10.8. The number of benzene rings is 1. The van der Waals surface area contributed by atoms with Crippen LogP contribution in [0.5, 0.6) is 0 Å². The molecule has 1 aromatic carbocycles. The maximum absolute atomic E-state index is 6.09. The Morgan fingerprint density at radius 2 is 1.77 bits per heavy atom. The quantitative estimate of drug-likeness (QED) is 0.591. The Balaban J connectivity index is 1.62. The Kier molecular flexibility index (Phi) is 8.61. The summed E-state index contributed by atoms with van der Waals surface area (Å²) in [7, 11) is 0. The second-order valence-electron chi connectivity index (χ2n) is 10.3. The van der Waals surface area contributed by atoms with Crippen LogP contribution in [0.25, 0.3) is 0 Å². The SMILES string of the molecule is CC1(C)CC(NC(=S)N(CCCN2CCOCC2)Cc2ccc(Cl)cc2)CC(C)(C)N1. The molecule has 31 heavy (non-hydrogen) atoms. The van der Waals surface area contributed by atoms with Crippen LogP contribution in [0, 0.1) is 0 Å². The predicted octanol–water partition coefficient (Wildman–Crippen LogP) is 4.05. The molecule has 1 aromatic rings. The van der Waals surface area contributed by atoms with Crippen molar-refractivity contribution in [3.8, 4) is 0 Å². The summed E-state index contributed by atoms with van der Waals surface area (Å²) in [5.74, 6) is 0. The van der Waals surface area contributed by atoms with Crippen LogP contribution < -0.4 is 10.6 Å². The van der Waals surface area contributed by atoms with Crippen LogP contribution in [0.1, 0.15) is 52.5 Å². The molecule has 5 nitrogen and oxygen atoms in total. The number of rotatable bonds is 7. The predicted molar refractivity (Wildman–Crippen MR) is 134 cm³/mol. The van der Waals surface area contributed by atoms with Gasteiger partial charge in [-0.25, -0.2) is 0 Å². The Labute approximate surface area is 198 Å². The summed E-state index contributed by atoms with van der Waals surface area (Å²) in [6, 6.07) is 8.47. The van der Waals surface area contributed by atoms with Gasteiger partial charge in [0.2, 0.25) is 0 Å². The summed E-state index contributed by atoms with van der Waals surface area (Å²) >= 11 is 12.0.